The Hall–Kier alpha value is -1.77. The van der Waals surface area contributed by atoms with E-state index in [0.717, 1.165) is 36.7 Å². The highest BCUT2D eigenvalue weighted by Gasteiger charge is 2.16. The van der Waals surface area contributed by atoms with Crippen LogP contribution in [0, 0.1) is 6.92 Å². The van der Waals surface area contributed by atoms with Crippen LogP contribution in [-0.4, -0.2) is 9.55 Å². The van der Waals surface area contributed by atoms with Crippen molar-refractivity contribution < 1.29 is 0 Å². The zero-order valence-electron chi connectivity index (χ0n) is 12.1. The van der Waals surface area contributed by atoms with Crippen molar-refractivity contribution in [2.75, 3.05) is 5.73 Å². The van der Waals surface area contributed by atoms with E-state index in [1.165, 1.54) is 5.56 Å². The molecule has 0 fully saturated rings. The minimum Gasteiger partial charge on any atom is -0.384 e. The van der Waals surface area contributed by atoms with Crippen LogP contribution in [0.4, 0.5) is 5.82 Å². The molecule has 0 radical (unpaired) electrons. The van der Waals surface area contributed by atoms with Crippen LogP contribution >= 0.6 is 0 Å². The summed E-state index contributed by atoms with van der Waals surface area (Å²) in [6.07, 6.45) is 2.29. The number of rotatable bonds is 5. The molecule has 1 heterocycles. The summed E-state index contributed by atoms with van der Waals surface area (Å²) in [5.41, 5.74) is 8.59. The summed E-state index contributed by atoms with van der Waals surface area (Å²) in [7, 11) is 0. The fourth-order valence-electron chi connectivity index (χ4n) is 2.50. The maximum atomic E-state index is 6.28. The number of hydrogen-bond donors (Lipinski definition) is 1. The van der Waals surface area contributed by atoms with Crippen molar-refractivity contribution in [1.29, 1.82) is 0 Å². The molecule has 0 aliphatic carbocycles. The lowest BCUT2D eigenvalue weighted by atomic mass is 10.0. The lowest BCUT2D eigenvalue weighted by Crippen LogP contribution is -2.07. The minimum atomic E-state index is 0.431. The lowest BCUT2D eigenvalue weighted by Gasteiger charge is -2.10. The van der Waals surface area contributed by atoms with E-state index < -0.39 is 0 Å². The van der Waals surface area contributed by atoms with Crippen molar-refractivity contribution in [3.8, 4) is 0 Å². The second-order valence-electron chi connectivity index (χ2n) is 5.19. The quantitative estimate of drug-likeness (QED) is 0.887. The van der Waals surface area contributed by atoms with Gasteiger partial charge in [0.1, 0.15) is 11.6 Å². The van der Waals surface area contributed by atoms with Gasteiger partial charge in [0.2, 0.25) is 0 Å². The Kier molecular flexibility index (Phi) is 4.25. The third-order valence-corrected chi connectivity index (χ3v) is 3.60. The van der Waals surface area contributed by atoms with Gasteiger partial charge in [0.05, 0.1) is 12.2 Å². The Bertz CT molecular complexity index is 528. The molecule has 102 valence electrons. The fraction of sp³-hybridized carbons (Fsp3) is 0.438. The molecule has 0 saturated heterocycles. The van der Waals surface area contributed by atoms with Crippen LogP contribution in [0.15, 0.2) is 30.3 Å². The molecule has 2 aromatic rings. The highest BCUT2D eigenvalue weighted by molar-refractivity contribution is 5.41. The van der Waals surface area contributed by atoms with Crippen LogP contribution in [0.1, 0.15) is 49.7 Å². The molecule has 0 bridgehead atoms. The van der Waals surface area contributed by atoms with Gasteiger partial charge in [0, 0.05) is 5.92 Å². The second kappa shape index (κ2) is 5.91. The van der Waals surface area contributed by atoms with Gasteiger partial charge in [0.15, 0.2) is 0 Å². The maximum Gasteiger partial charge on any atom is 0.127 e. The SMILES string of the molecule is CCCC(C)c1nc(C)n(Cc2ccccc2)c1N. The zero-order chi connectivity index (χ0) is 13.8. The molecular formula is C16H23N3. The van der Waals surface area contributed by atoms with E-state index in [-0.39, 0.29) is 0 Å². The fourth-order valence-corrected chi connectivity index (χ4v) is 2.50. The Morgan fingerprint density at radius 2 is 1.95 bits per heavy atom. The van der Waals surface area contributed by atoms with Crippen LogP contribution in [0.3, 0.4) is 0 Å². The summed E-state index contributed by atoms with van der Waals surface area (Å²) in [5, 5.41) is 0. The summed E-state index contributed by atoms with van der Waals surface area (Å²) in [6.45, 7) is 7.22. The van der Waals surface area contributed by atoms with Gasteiger partial charge in [-0.05, 0) is 18.9 Å². The molecule has 2 rings (SSSR count). The van der Waals surface area contributed by atoms with Crippen molar-refractivity contribution in [1.82, 2.24) is 9.55 Å². The van der Waals surface area contributed by atoms with Crippen LogP contribution in [-0.2, 0) is 6.54 Å². The molecule has 1 aromatic heterocycles. The van der Waals surface area contributed by atoms with Crippen molar-refractivity contribution in [2.24, 2.45) is 0 Å². The molecule has 0 aliphatic rings. The molecule has 3 heteroatoms. The first-order valence-corrected chi connectivity index (χ1v) is 6.99. The van der Waals surface area contributed by atoms with Crippen molar-refractivity contribution in [2.45, 2.75) is 46.1 Å². The van der Waals surface area contributed by atoms with E-state index in [4.69, 9.17) is 5.73 Å². The molecule has 3 nitrogen and oxygen atoms in total. The van der Waals surface area contributed by atoms with E-state index in [1.54, 1.807) is 0 Å². The Morgan fingerprint density at radius 3 is 2.58 bits per heavy atom. The van der Waals surface area contributed by atoms with Crippen LogP contribution < -0.4 is 5.73 Å². The number of aromatic nitrogens is 2. The van der Waals surface area contributed by atoms with Gasteiger partial charge in [-0.3, -0.25) is 0 Å². The topological polar surface area (TPSA) is 43.8 Å². The molecule has 0 amide bonds. The number of aryl methyl sites for hydroxylation is 1. The highest BCUT2D eigenvalue weighted by Crippen LogP contribution is 2.26. The Morgan fingerprint density at radius 1 is 1.26 bits per heavy atom. The molecule has 1 atom stereocenters. The predicted molar refractivity (Wildman–Crippen MR) is 80.2 cm³/mol. The standard InChI is InChI=1S/C16H23N3/c1-4-8-12(2)15-16(17)19(13(3)18-15)11-14-9-6-5-7-10-14/h5-7,9-10,12H,4,8,11,17H2,1-3H3. The van der Waals surface area contributed by atoms with Crippen LogP contribution in [0.2, 0.25) is 0 Å². The third kappa shape index (κ3) is 2.98. The summed E-state index contributed by atoms with van der Waals surface area (Å²) >= 11 is 0. The molecule has 0 aliphatic heterocycles. The number of hydrogen-bond acceptors (Lipinski definition) is 2. The average molecular weight is 257 g/mol. The van der Waals surface area contributed by atoms with Gasteiger partial charge < -0.3 is 10.3 Å². The van der Waals surface area contributed by atoms with Crippen molar-refractivity contribution in [3.63, 3.8) is 0 Å². The molecule has 1 unspecified atom stereocenters. The monoisotopic (exact) mass is 257 g/mol. The number of nitrogens with two attached hydrogens (primary N) is 1. The van der Waals surface area contributed by atoms with Gasteiger partial charge in [-0.1, -0.05) is 50.6 Å². The minimum absolute atomic E-state index is 0.431. The predicted octanol–water partition coefficient (Wildman–Crippen LogP) is 3.73. The molecule has 2 N–H and O–H groups in total. The number of nitrogens with zero attached hydrogens (tertiary/aromatic N) is 2. The number of benzene rings is 1. The molecule has 0 saturated carbocycles. The van der Waals surface area contributed by atoms with Crippen LogP contribution in [0.5, 0.6) is 0 Å². The lowest BCUT2D eigenvalue weighted by molar-refractivity contribution is 0.651. The summed E-state index contributed by atoms with van der Waals surface area (Å²) < 4.78 is 2.11. The number of anilines is 1. The zero-order valence-corrected chi connectivity index (χ0v) is 12.1. The molecule has 1 aromatic carbocycles. The highest BCUT2D eigenvalue weighted by atomic mass is 15.1. The van der Waals surface area contributed by atoms with Gasteiger partial charge >= 0.3 is 0 Å². The Labute approximate surface area is 115 Å². The molecular weight excluding hydrogens is 234 g/mol. The first-order chi connectivity index (χ1) is 9.13. The summed E-state index contributed by atoms with van der Waals surface area (Å²) in [6, 6.07) is 10.4. The first kappa shape index (κ1) is 13.7. The second-order valence-corrected chi connectivity index (χ2v) is 5.19. The number of imidazole rings is 1. The largest absolute Gasteiger partial charge is 0.384 e. The molecule has 19 heavy (non-hydrogen) atoms. The normalized spacial score (nSPS) is 12.6. The van der Waals surface area contributed by atoms with E-state index in [1.807, 2.05) is 13.0 Å². The Balaban J connectivity index is 2.27. The summed E-state index contributed by atoms with van der Waals surface area (Å²) in [4.78, 5) is 4.66. The first-order valence-electron chi connectivity index (χ1n) is 6.99. The van der Waals surface area contributed by atoms with Gasteiger partial charge in [-0.2, -0.15) is 0 Å². The van der Waals surface area contributed by atoms with Crippen molar-refractivity contribution >= 4 is 5.82 Å². The van der Waals surface area contributed by atoms with Crippen LogP contribution in [0.25, 0.3) is 0 Å². The van der Waals surface area contributed by atoms with Gasteiger partial charge in [-0.15, -0.1) is 0 Å². The van der Waals surface area contributed by atoms with E-state index >= 15 is 0 Å². The number of nitrogen functional groups attached to an aromatic ring is 1. The summed E-state index contributed by atoms with van der Waals surface area (Å²) in [5.74, 6) is 2.25. The average Bonchev–Trinajstić information content (AvgIpc) is 2.68. The third-order valence-electron chi connectivity index (χ3n) is 3.60. The smallest absolute Gasteiger partial charge is 0.127 e. The van der Waals surface area contributed by atoms with Gasteiger partial charge in [-0.25, -0.2) is 4.98 Å². The van der Waals surface area contributed by atoms with E-state index in [9.17, 15) is 0 Å². The van der Waals surface area contributed by atoms with Gasteiger partial charge in [0.25, 0.3) is 0 Å². The van der Waals surface area contributed by atoms with Crippen molar-refractivity contribution in [3.05, 3.63) is 47.4 Å². The van der Waals surface area contributed by atoms with E-state index in [0.29, 0.717) is 5.92 Å². The van der Waals surface area contributed by atoms with E-state index in [2.05, 4.69) is 47.7 Å². The molecule has 0 spiro atoms. The maximum absolute atomic E-state index is 6.28.